The van der Waals surface area contributed by atoms with E-state index in [-0.39, 0.29) is 6.10 Å². The summed E-state index contributed by atoms with van der Waals surface area (Å²) in [5.74, 6) is 5.76. The Morgan fingerprint density at radius 3 is 2.74 bits per heavy atom. The maximum absolute atomic E-state index is 11.4. The Morgan fingerprint density at radius 1 is 1.35 bits per heavy atom. The first-order valence-corrected chi connectivity index (χ1v) is 9.34. The highest BCUT2D eigenvalue weighted by atomic mass is 32.2. The van der Waals surface area contributed by atoms with E-state index in [0.29, 0.717) is 49.9 Å². The molecular weight excluding hydrogens is 318 g/mol. The van der Waals surface area contributed by atoms with E-state index in [2.05, 4.69) is 20.7 Å². The predicted octanol–water partition coefficient (Wildman–Crippen LogP) is -0.486. The van der Waals surface area contributed by atoms with Crippen LogP contribution in [0.2, 0.25) is 0 Å². The molecular formula is C14H23N5O3S. The number of nitrogens with one attached hydrogen (secondary N) is 2. The molecule has 8 nitrogen and oxygen atoms in total. The topological polar surface area (TPSA) is 118 Å². The summed E-state index contributed by atoms with van der Waals surface area (Å²) in [6.45, 7) is 2.25. The van der Waals surface area contributed by atoms with Gasteiger partial charge in [0, 0.05) is 30.5 Å². The Hall–Kier alpha value is -1.55. The first kappa shape index (κ1) is 17.8. The third kappa shape index (κ3) is 5.87. The van der Waals surface area contributed by atoms with Crippen LogP contribution in [0.3, 0.4) is 0 Å². The summed E-state index contributed by atoms with van der Waals surface area (Å²) in [7, 11) is -3.08. The van der Waals surface area contributed by atoms with Crippen LogP contribution in [0.4, 0.5) is 0 Å². The molecule has 1 aliphatic carbocycles. The van der Waals surface area contributed by atoms with E-state index in [9.17, 15) is 8.42 Å². The van der Waals surface area contributed by atoms with Crippen molar-refractivity contribution >= 4 is 22.0 Å². The van der Waals surface area contributed by atoms with Gasteiger partial charge in [-0.2, -0.15) is 0 Å². The Kier molecular flexibility index (Phi) is 6.46. The van der Waals surface area contributed by atoms with Crippen LogP contribution in [0.25, 0.3) is 0 Å². The maximum Gasteiger partial charge on any atom is 0.217 e. The van der Waals surface area contributed by atoms with E-state index in [4.69, 9.17) is 10.6 Å². The van der Waals surface area contributed by atoms with Crippen LogP contribution < -0.4 is 16.6 Å². The summed E-state index contributed by atoms with van der Waals surface area (Å²) in [4.78, 5) is 8.97. The zero-order chi connectivity index (χ0) is 16.7. The van der Waals surface area contributed by atoms with E-state index in [1.54, 1.807) is 12.3 Å². The molecule has 0 radical (unpaired) electrons. The van der Waals surface area contributed by atoms with Crippen LogP contribution in [0.1, 0.15) is 12.8 Å². The zero-order valence-corrected chi connectivity index (χ0v) is 14.0. The molecule has 0 saturated carbocycles. The van der Waals surface area contributed by atoms with Crippen LogP contribution in [-0.2, 0) is 14.6 Å². The van der Waals surface area contributed by atoms with Crippen molar-refractivity contribution in [2.24, 2.45) is 15.8 Å². The van der Waals surface area contributed by atoms with Gasteiger partial charge in [0.05, 0.1) is 13.2 Å². The number of nitrogens with zero attached hydrogens (tertiary/aromatic N) is 2. The van der Waals surface area contributed by atoms with Crippen LogP contribution in [0.5, 0.6) is 0 Å². The van der Waals surface area contributed by atoms with Crippen molar-refractivity contribution in [1.29, 1.82) is 0 Å². The van der Waals surface area contributed by atoms with Crippen molar-refractivity contribution in [3.63, 3.8) is 0 Å². The number of sulfone groups is 1. The molecule has 1 atom stereocenters. The lowest BCUT2D eigenvalue weighted by molar-refractivity contribution is 0.124. The second kappa shape index (κ2) is 8.34. The van der Waals surface area contributed by atoms with Crippen LogP contribution >= 0.6 is 0 Å². The zero-order valence-electron chi connectivity index (χ0n) is 13.2. The Morgan fingerprint density at radius 2 is 2.17 bits per heavy atom. The molecule has 0 aromatic rings. The molecule has 0 aromatic carbocycles. The van der Waals surface area contributed by atoms with Crippen molar-refractivity contribution in [2.75, 3.05) is 32.5 Å². The molecule has 0 spiro atoms. The molecule has 2 aliphatic rings. The number of allylic oxidation sites excluding steroid dienone is 3. The highest BCUT2D eigenvalue weighted by Gasteiger charge is 2.17. The van der Waals surface area contributed by atoms with Gasteiger partial charge in [-0.25, -0.2) is 18.4 Å². The standard InChI is InChI=1S/C14H23N5O3S/c1-23(20,21)13-4-2-11(3-5-13)10-22-12-8-17-14(18-9-12)16-6-7-19-15/h2,4,8,12,19H,3,5-7,9-10,15H2,1H3,(H,16,18). The number of guanidine groups is 1. The molecule has 0 amide bonds. The minimum Gasteiger partial charge on any atom is -0.366 e. The van der Waals surface area contributed by atoms with Crippen molar-refractivity contribution < 1.29 is 13.2 Å². The number of ether oxygens (including phenoxy) is 1. The number of aliphatic imine (C=N–C) groups is 2. The van der Waals surface area contributed by atoms with Crippen molar-refractivity contribution in [3.05, 3.63) is 22.6 Å². The number of hydrazine groups is 1. The van der Waals surface area contributed by atoms with E-state index >= 15 is 0 Å². The average molecular weight is 341 g/mol. The van der Waals surface area contributed by atoms with Gasteiger partial charge in [-0.3, -0.25) is 11.3 Å². The third-order valence-electron chi connectivity index (χ3n) is 3.49. The first-order chi connectivity index (χ1) is 11.0. The summed E-state index contributed by atoms with van der Waals surface area (Å²) in [6.07, 6.45) is 7.54. The van der Waals surface area contributed by atoms with E-state index in [1.807, 2.05) is 6.08 Å². The molecule has 1 heterocycles. The number of hydrogen-bond acceptors (Lipinski definition) is 8. The summed E-state index contributed by atoms with van der Waals surface area (Å²) < 4.78 is 28.6. The number of rotatable bonds is 7. The van der Waals surface area contributed by atoms with Crippen molar-refractivity contribution in [1.82, 2.24) is 10.7 Å². The normalized spacial score (nSPS) is 21.5. The van der Waals surface area contributed by atoms with Crippen molar-refractivity contribution in [3.8, 4) is 0 Å². The molecule has 0 aromatic heterocycles. The van der Waals surface area contributed by atoms with Gasteiger partial charge in [-0.1, -0.05) is 6.08 Å². The van der Waals surface area contributed by atoms with Crippen LogP contribution in [-0.4, -0.2) is 59.2 Å². The maximum atomic E-state index is 11.4. The molecule has 0 fully saturated rings. The average Bonchev–Trinajstić information content (AvgIpc) is 2.54. The Balaban J connectivity index is 1.75. The van der Waals surface area contributed by atoms with Gasteiger partial charge in [0.25, 0.3) is 0 Å². The van der Waals surface area contributed by atoms with Crippen molar-refractivity contribution in [2.45, 2.75) is 18.9 Å². The first-order valence-electron chi connectivity index (χ1n) is 7.45. The Labute approximate surface area is 136 Å². The molecule has 128 valence electrons. The van der Waals surface area contributed by atoms with Gasteiger partial charge in [0.1, 0.15) is 6.10 Å². The highest BCUT2D eigenvalue weighted by molar-refractivity contribution is 7.94. The summed E-state index contributed by atoms with van der Waals surface area (Å²) in [5.41, 5.74) is 3.62. The number of hydrogen-bond donors (Lipinski definition) is 3. The van der Waals surface area contributed by atoms with Gasteiger partial charge in [-0.05, 0) is 24.5 Å². The minimum atomic E-state index is -3.08. The van der Waals surface area contributed by atoms with Gasteiger partial charge < -0.3 is 10.1 Å². The molecule has 1 aliphatic heterocycles. The van der Waals surface area contributed by atoms with E-state index in [0.717, 1.165) is 5.57 Å². The minimum absolute atomic E-state index is 0.158. The number of nitrogens with two attached hydrogens (primary N) is 1. The lowest BCUT2D eigenvalue weighted by Gasteiger charge is -2.19. The SMILES string of the molecule is CS(=O)(=O)C1=CC=C(COC2C=NC(NCCNN)=NC2)CC1. The lowest BCUT2D eigenvalue weighted by atomic mass is 10.1. The largest absolute Gasteiger partial charge is 0.366 e. The molecule has 23 heavy (non-hydrogen) atoms. The molecule has 1 unspecified atom stereocenters. The fourth-order valence-corrected chi connectivity index (χ4v) is 2.95. The lowest BCUT2D eigenvalue weighted by Crippen LogP contribution is -2.36. The second-order valence-electron chi connectivity index (χ2n) is 5.40. The fourth-order valence-electron chi connectivity index (χ4n) is 2.17. The van der Waals surface area contributed by atoms with Gasteiger partial charge >= 0.3 is 0 Å². The smallest absolute Gasteiger partial charge is 0.217 e. The monoisotopic (exact) mass is 341 g/mol. The second-order valence-corrected chi connectivity index (χ2v) is 7.47. The fraction of sp³-hybridized carbons (Fsp3) is 0.571. The van der Waals surface area contributed by atoms with Crippen LogP contribution in [0.15, 0.2) is 32.6 Å². The van der Waals surface area contributed by atoms with E-state index < -0.39 is 9.84 Å². The predicted molar refractivity (Wildman–Crippen MR) is 91.0 cm³/mol. The highest BCUT2D eigenvalue weighted by Crippen LogP contribution is 2.22. The molecule has 2 rings (SSSR count). The molecule has 9 heteroatoms. The molecule has 0 bridgehead atoms. The summed E-state index contributed by atoms with van der Waals surface area (Å²) >= 11 is 0. The third-order valence-corrected chi connectivity index (χ3v) is 4.79. The van der Waals surface area contributed by atoms with Gasteiger partial charge in [0.2, 0.25) is 5.96 Å². The summed E-state index contributed by atoms with van der Waals surface area (Å²) in [6, 6.07) is 0. The van der Waals surface area contributed by atoms with Gasteiger partial charge in [0.15, 0.2) is 9.84 Å². The van der Waals surface area contributed by atoms with E-state index in [1.165, 1.54) is 6.26 Å². The summed E-state index contributed by atoms with van der Waals surface area (Å²) in [5, 5.41) is 3.05. The molecule has 0 saturated heterocycles. The molecule has 4 N–H and O–H groups in total. The Bertz CT molecular complexity index is 637. The van der Waals surface area contributed by atoms with Crippen LogP contribution in [0, 0.1) is 0 Å². The van der Waals surface area contributed by atoms with Gasteiger partial charge in [-0.15, -0.1) is 0 Å². The quantitative estimate of drug-likeness (QED) is 0.327.